The van der Waals surface area contributed by atoms with Gasteiger partial charge in [0.2, 0.25) is 0 Å². The molecule has 2 atom stereocenters. The zero-order chi connectivity index (χ0) is 19.5. The summed E-state index contributed by atoms with van der Waals surface area (Å²) in [6, 6.07) is 24.1. The van der Waals surface area contributed by atoms with Crippen molar-refractivity contribution in [3.8, 4) is 0 Å². The predicted octanol–water partition coefficient (Wildman–Crippen LogP) is 5.89. The van der Waals surface area contributed by atoms with E-state index in [-0.39, 0.29) is 11.9 Å². The molecule has 1 saturated heterocycles. The Kier molecular flexibility index (Phi) is 5.40. The number of aromatic nitrogens is 1. The summed E-state index contributed by atoms with van der Waals surface area (Å²) in [5.41, 5.74) is 2.92. The lowest BCUT2D eigenvalue weighted by molar-refractivity contribution is 0.191. The Bertz CT molecular complexity index is 928. The van der Waals surface area contributed by atoms with Crippen LogP contribution in [0, 0.1) is 5.82 Å². The van der Waals surface area contributed by atoms with Gasteiger partial charge < -0.3 is 4.90 Å². The molecule has 0 saturated carbocycles. The number of rotatable bonds is 5. The highest BCUT2D eigenvalue weighted by molar-refractivity contribution is 5.59. The second-order valence-electron chi connectivity index (χ2n) is 7.41. The second-order valence-corrected chi connectivity index (χ2v) is 7.41. The van der Waals surface area contributed by atoms with E-state index in [4.69, 9.17) is 4.98 Å². The van der Waals surface area contributed by atoms with Crippen LogP contribution in [0.5, 0.6) is 0 Å². The average Bonchev–Trinajstić information content (AvgIpc) is 3.24. The molecule has 144 valence electrons. The highest BCUT2D eigenvalue weighted by atomic mass is 19.1. The number of hydrogen-bond donors (Lipinski definition) is 0. The molecule has 4 rings (SSSR count). The predicted molar refractivity (Wildman–Crippen MR) is 112 cm³/mol. The molecule has 0 amide bonds. The van der Waals surface area contributed by atoms with Gasteiger partial charge in [0.15, 0.2) is 0 Å². The Labute approximate surface area is 166 Å². The zero-order valence-electron chi connectivity index (χ0n) is 16.4. The van der Waals surface area contributed by atoms with Crippen molar-refractivity contribution in [2.24, 2.45) is 0 Å². The van der Waals surface area contributed by atoms with Crippen LogP contribution < -0.4 is 4.90 Å². The quantitative estimate of drug-likeness (QED) is 0.554. The van der Waals surface area contributed by atoms with E-state index in [2.05, 4.69) is 48.2 Å². The number of anilines is 2. The van der Waals surface area contributed by atoms with Gasteiger partial charge in [-0.3, -0.25) is 4.90 Å². The van der Waals surface area contributed by atoms with Crippen molar-refractivity contribution in [3.05, 3.63) is 89.9 Å². The monoisotopic (exact) mass is 375 g/mol. The first-order chi connectivity index (χ1) is 13.6. The third kappa shape index (κ3) is 3.65. The molecule has 1 aliphatic heterocycles. The second kappa shape index (κ2) is 8.11. The van der Waals surface area contributed by atoms with E-state index in [1.54, 1.807) is 12.1 Å². The van der Waals surface area contributed by atoms with Gasteiger partial charge in [0.25, 0.3) is 0 Å². The van der Waals surface area contributed by atoms with Crippen LogP contribution in [0.4, 0.5) is 15.9 Å². The maximum absolute atomic E-state index is 14.2. The van der Waals surface area contributed by atoms with E-state index in [0.717, 1.165) is 30.9 Å². The summed E-state index contributed by atoms with van der Waals surface area (Å²) in [4.78, 5) is 9.27. The molecule has 3 nitrogen and oxygen atoms in total. The molecule has 2 aromatic carbocycles. The minimum Gasteiger partial charge on any atom is -0.327 e. The molecule has 0 bridgehead atoms. The minimum absolute atomic E-state index is 0.239. The molecular formula is C24H26FN3. The van der Waals surface area contributed by atoms with E-state index in [1.807, 2.05) is 30.1 Å². The lowest BCUT2D eigenvalue weighted by atomic mass is 10.0. The molecule has 0 aliphatic carbocycles. The fourth-order valence-electron chi connectivity index (χ4n) is 4.15. The number of pyridine rings is 1. The van der Waals surface area contributed by atoms with Crippen molar-refractivity contribution in [1.29, 1.82) is 0 Å². The molecule has 28 heavy (non-hydrogen) atoms. The van der Waals surface area contributed by atoms with Crippen LogP contribution in [0.15, 0.2) is 72.8 Å². The molecule has 1 fully saturated rings. The summed E-state index contributed by atoms with van der Waals surface area (Å²) in [6.45, 7) is 3.33. The van der Waals surface area contributed by atoms with E-state index < -0.39 is 0 Å². The number of para-hydroxylation sites is 1. The fraction of sp³-hybridized carbons (Fsp3) is 0.292. The lowest BCUT2D eigenvalue weighted by Gasteiger charge is -2.31. The molecule has 0 unspecified atom stereocenters. The normalized spacial score (nSPS) is 18.2. The van der Waals surface area contributed by atoms with Crippen LogP contribution in [0.3, 0.4) is 0 Å². The standard InChI is InChI=1S/C24H26FN3/c1-18(19-10-4-3-5-11-19)28-17-9-15-23(28)21-13-8-16-24(26-21)27(2)22-14-7-6-12-20(22)25/h3-8,10-14,16,18,23H,9,15,17H2,1-2H3/t18-,23+/m1/s1. The van der Waals surface area contributed by atoms with E-state index in [0.29, 0.717) is 11.7 Å². The van der Waals surface area contributed by atoms with Crippen molar-refractivity contribution in [2.75, 3.05) is 18.5 Å². The van der Waals surface area contributed by atoms with E-state index in [1.165, 1.54) is 11.6 Å². The number of likely N-dealkylation sites (tertiary alicyclic amines) is 1. The first kappa shape index (κ1) is 18.6. The summed E-state index contributed by atoms with van der Waals surface area (Å²) < 4.78 is 14.2. The molecule has 0 N–H and O–H groups in total. The Morgan fingerprint density at radius 1 is 1.00 bits per heavy atom. The van der Waals surface area contributed by atoms with Crippen LogP contribution in [0.25, 0.3) is 0 Å². The van der Waals surface area contributed by atoms with Gasteiger partial charge in [-0.1, -0.05) is 48.5 Å². The number of benzene rings is 2. The van der Waals surface area contributed by atoms with Gasteiger partial charge in [-0.2, -0.15) is 0 Å². The first-order valence-corrected chi connectivity index (χ1v) is 9.91. The van der Waals surface area contributed by atoms with Crippen LogP contribution in [-0.4, -0.2) is 23.5 Å². The molecule has 2 heterocycles. The number of hydrogen-bond acceptors (Lipinski definition) is 3. The van der Waals surface area contributed by atoms with Crippen LogP contribution in [0.2, 0.25) is 0 Å². The number of halogens is 1. The molecule has 1 aromatic heterocycles. The molecular weight excluding hydrogens is 349 g/mol. The molecule has 0 radical (unpaired) electrons. The van der Waals surface area contributed by atoms with Crippen LogP contribution in [0.1, 0.15) is 43.1 Å². The van der Waals surface area contributed by atoms with Gasteiger partial charge in [0.05, 0.1) is 17.4 Å². The van der Waals surface area contributed by atoms with Crippen molar-refractivity contribution >= 4 is 11.5 Å². The third-order valence-corrected chi connectivity index (χ3v) is 5.73. The highest BCUT2D eigenvalue weighted by Gasteiger charge is 2.31. The largest absolute Gasteiger partial charge is 0.327 e. The van der Waals surface area contributed by atoms with Gasteiger partial charge in [-0.05, 0) is 56.1 Å². The highest BCUT2D eigenvalue weighted by Crippen LogP contribution is 2.38. The van der Waals surface area contributed by atoms with Gasteiger partial charge in [-0.25, -0.2) is 9.37 Å². The van der Waals surface area contributed by atoms with Crippen molar-refractivity contribution in [2.45, 2.75) is 31.8 Å². The van der Waals surface area contributed by atoms with E-state index >= 15 is 0 Å². The van der Waals surface area contributed by atoms with Crippen LogP contribution >= 0.6 is 0 Å². The molecule has 0 spiro atoms. The van der Waals surface area contributed by atoms with Gasteiger partial charge >= 0.3 is 0 Å². The SMILES string of the molecule is C[C@H](c1ccccc1)N1CCC[C@H]1c1cccc(N(C)c2ccccc2F)n1. The number of nitrogens with zero attached hydrogens (tertiary/aromatic N) is 3. The summed E-state index contributed by atoms with van der Waals surface area (Å²) in [5, 5.41) is 0. The Hall–Kier alpha value is -2.72. The Balaban J connectivity index is 1.61. The first-order valence-electron chi connectivity index (χ1n) is 9.91. The Morgan fingerprint density at radius 3 is 2.54 bits per heavy atom. The Morgan fingerprint density at radius 2 is 1.75 bits per heavy atom. The van der Waals surface area contributed by atoms with Crippen molar-refractivity contribution < 1.29 is 4.39 Å². The fourth-order valence-corrected chi connectivity index (χ4v) is 4.15. The smallest absolute Gasteiger partial charge is 0.146 e. The topological polar surface area (TPSA) is 19.4 Å². The summed E-state index contributed by atoms with van der Waals surface area (Å²) in [5.74, 6) is 0.527. The molecule has 4 heteroatoms. The average molecular weight is 375 g/mol. The zero-order valence-corrected chi connectivity index (χ0v) is 16.4. The maximum Gasteiger partial charge on any atom is 0.146 e. The van der Waals surface area contributed by atoms with Crippen molar-refractivity contribution in [3.63, 3.8) is 0 Å². The molecule has 3 aromatic rings. The summed E-state index contributed by atoms with van der Waals surface area (Å²) >= 11 is 0. The van der Waals surface area contributed by atoms with E-state index in [9.17, 15) is 4.39 Å². The van der Waals surface area contributed by atoms with Gasteiger partial charge in [0, 0.05) is 13.1 Å². The minimum atomic E-state index is -0.239. The van der Waals surface area contributed by atoms with Crippen LogP contribution in [-0.2, 0) is 0 Å². The molecule has 1 aliphatic rings. The summed E-state index contributed by atoms with van der Waals surface area (Å²) in [7, 11) is 1.86. The van der Waals surface area contributed by atoms with Gasteiger partial charge in [0.1, 0.15) is 11.6 Å². The third-order valence-electron chi connectivity index (χ3n) is 5.73. The summed E-state index contributed by atoms with van der Waals surface area (Å²) in [6.07, 6.45) is 2.26. The lowest BCUT2D eigenvalue weighted by Crippen LogP contribution is -2.27. The van der Waals surface area contributed by atoms with Crippen molar-refractivity contribution in [1.82, 2.24) is 9.88 Å². The maximum atomic E-state index is 14.2. The van der Waals surface area contributed by atoms with Gasteiger partial charge in [-0.15, -0.1) is 0 Å².